The highest BCUT2D eigenvalue weighted by Crippen LogP contribution is 2.29. The van der Waals surface area contributed by atoms with Crippen LogP contribution in [0.25, 0.3) is 22.2 Å². The molecule has 3 aromatic rings. The van der Waals surface area contributed by atoms with E-state index in [0.717, 1.165) is 34.4 Å². The normalized spacial score (nSPS) is 10.9. The first-order valence-corrected chi connectivity index (χ1v) is 7.32. The number of nitrogens with zero attached hydrogens (tertiary/aromatic N) is 2. The second-order valence-corrected chi connectivity index (χ2v) is 5.33. The lowest BCUT2D eigenvalue weighted by Gasteiger charge is -2.16. The SMILES string of the molecule is CCN(C)c1ccc2c(-c3ccccc3C)cc(=O)oc2n1. The lowest BCUT2D eigenvalue weighted by molar-refractivity contribution is 0.550. The largest absolute Gasteiger partial charge is 0.404 e. The Hall–Kier alpha value is -2.62. The first-order chi connectivity index (χ1) is 10.6. The third-order valence-corrected chi connectivity index (χ3v) is 3.90. The van der Waals surface area contributed by atoms with E-state index in [-0.39, 0.29) is 5.63 Å². The summed E-state index contributed by atoms with van der Waals surface area (Å²) in [5, 5.41) is 0.849. The molecule has 4 nitrogen and oxygen atoms in total. The molecule has 2 heterocycles. The maximum absolute atomic E-state index is 11.9. The summed E-state index contributed by atoms with van der Waals surface area (Å²) in [6, 6.07) is 13.4. The van der Waals surface area contributed by atoms with Gasteiger partial charge in [0.1, 0.15) is 5.82 Å². The molecule has 0 aliphatic carbocycles. The summed E-state index contributed by atoms with van der Waals surface area (Å²) in [6.07, 6.45) is 0. The van der Waals surface area contributed by atoms with Crippen LogP contribution in [0.3, 0.4) is 0 Å². The van der Waals surface area contributed by atoms with E-state index >= 15 is 0 Å². The zero-order valence-corrected chi connectivity index (χ0v) is 13.0. The van der Waals surface area contributed by atoms with Crippen molar-refractivity contribution >= 4 is 16.9 Å². The van der Waals surface area contributed by atoms with Gasteiger partial charge < -0.3 is 9.32 Å². The number of pyridine rings is 1. The van der Waals surface area contributed by atoms with Gasteiger partial charge in [-0.25, -0.2) is 4.79 Å². The van der Waals surface area contributed by atoms with Crippen LogP contribution in [0.4, 0.5) is 5.82 Å². The van der Waals surface area contributed by atoms with Crippen LogP contribution in [0, 0.1) is 6.92 Å². The van der Waals surface area contributed by atoms with Crippen LogP contribution in [0.5, 0.6) is 0 Å². The summed E-state index contributed by atoms with van der Waals surface area (Å²) >= 11 is 0. The molecule has 0 radical (unpaired) electrons. The molecule has 3 rings (SSSR count). The fraction of sp³-hybridized carbons (Fsp3) is 0.222. The van der Waals surface area contributed by atoms with Gasteiger partial charge in [0.15, 0.2) is 0 Å². The zero-order valence-electron chi connectivity index (χ0n) is 13.0. The zero-order chi connectivity index (χ0) is 15.7. The number of benzene rings is 1. The van der Waals surface area contributed by atoms with Crippen LogP contribution in [0.1, 0.15) is 12.5 Å². The van der Waals surface area contributed by atoms with Gasteiger partial charge in [0.25, 0.3) is 0 Å². The molecule has 0 fully saturated rings. The van der Waals surface area contributed by atoms with Crippen molar-refractivity contribution in [3.05, 3.63) is 58.4 Å². The molecule has 22 heavy (non-hydrogen) atoms. The van der Waals surface area contributed by atoms with Gasteiger partial charge in [-0.05, 0) is 37.1 Å². The van der Waals surface area contributed by atoms with E-state index in [9.17, 15) is 4.79 Å². The molecule has 0 aliphatic rings. The van der Waals surface area contributed by atoms with Crippen molar-refractivity contribution in [2.45, 2.75) is 13.8 Å². The van der Waals surface area contributed by atoms with Gasteiger partial charge in [-0.2, -0.15) is 4.98 Å². The Morgan fingerprint density at radius 2 is 1.91 bits per heavy atom. The van der Waals surface area contributed by atoms with Gasteiger partial charge in [-0.15, -0.1) is 0 Å². The van der Waals surface area contributed by atoms with Crippen molar-refractivity contribution in [1.29, 1.82) is 0 Å². The maximum atomic E-state index is 11.9. The Bertz CT molecular complexity index is 884. The summed E-state index contributed by atoms with van der Waals surface area (Å²) in [5.41, 5.74) is 3.00. The van der Waals surface area contributed by atoms with Crippen molar-refractivity contribution in [3.8, 4) is 11.1 Å². The monoisotopic (exact) mass is 294 g/mol. The highest BCUT2D eigenvalue weighted by molar-refractivity contribution is 5.92. The number of aryl methyl sites for hydroxylation is 1. The number of anilines is 1. The van der Waals surface area contributed by atoms with Gasteiger partial charge in [0.05, 0.1) is 0 Å². The van der Waals surface area contributed by atoms with Crippen LogP contribution < -0.4 is 10.5 Å². The first-order valence-electron chi connectivity index (χ1n) is 7.32. The Balaban J connectivity index is 2.28. The summed E-state index contributed by atoms with van der Waals surface area (Å²) < 4.78 is 5.31. The molecule has 0 aliphatic heterocycles. The van der Waals surface area contributed by atoms with E-state index in [2.05, 4.69) is 4.98 Å². The number of aromatic nitrogens is 1. The highest BCUT2D eigenvalue weighted by atomic mass is 16.4. The molecule has 0 unspecified atom stereocenters. The van der Waals surface area contributed by atoms with Crippen molar-refractivity contribution in [2.24, 2.45) is 0 Å². The second kappa shape index (κ2) is 5.64. The van der Waals surface area contributed by atoms with Crippen LogP contribution in [-0.4, -0.2) is 18.6 Å². The Labute approximate surface area is 129 Å². The fourth-order valence-electron chi connectivity index (χ4n) is 2.51. The molecule has 0 saturated carbocycles. The van der Waals surface area contributed by atoms with Gasteiger partial charge >= 0.3 is 5.63 Å². The predicted octanol–water partition coefficient (Wildman–Crippen LogP) is 3.62. The van der Waals surface area contributed by atoms with Crippen molar-refractivity contribution in [2.75, 3.05) is 18.5 Å². The van der Waals surface area contributed by atoms with Crippen LogP contribution in [0.2, 0.25) is 0 Å². The summed E-state index contributed by atoms with van der Waals surface area (Å²) in [5.74, 6) is 0.792. The molecule has 0 spiro atoms. The molecular weight excluding hydrogens is 276 g/mol. The number of hydrogen-bond acceptors (Lipinski definition) is 4. The molecule has 0 saturated heterocycles. The van der Waals surface area contributed by atoms with Gasteiger partial charge in [0, 0.05) is 30.6 Å². The number of fused-ring (bicyclic) bond motifs is 1. The first kappa shape index (κ1) is 14.3. The van der Waals surface area contributed by atoms with Gasteiger partial charge in [-0.1, -0.05) is 24.3 Å². The molecule has 112 valence electrons. The Morgan fingerprint density at radius 3 is 2.64 bits per heavy atom. The molecule has 0 N–H and O–H groups in total. The van der Waals surface area contributed by atoms with Gasteiger partial charge in [-0.3, -0.25) is 0 Å². The third-order valence-electron chi connectivity index (χ3n) is 3.90. The van der Waals surface area contributed by atoms with E-state index in [1.165, 1.54) is 6.07 Å². The smallest absolute Gasteiger partial charge is 0.338 e. The van der Waals surface area contributed by atoms with Crippen LogP contribution >= 0.6 is 0 Å². The van der Waals surface area contributed by atoms with E-state index in [1.807, 2.05) is 62.2 Å². The second-order valence-electron chi connectivity index (χ2n) is 5.33. The summed E-state index contributed by atoms with van der Waals surface area (Å²) in [7, 11) is 1.96. The van der Waals surface area contributed by atoms with E-state index in [0.29, 0.717) is 5.71 Å². The van der Waals surface area contributed by atoms with E-state index in [4.69, 9.17) is 4.42 Å². The van der Waals surface area contributed by atoms with E-state index in [1.54, 1.807) is 0 Å². The average Bonchev–Trinajstić information content (AvgIpc) is 2.53. The highest BCUT2D eigenvalue weighted by Gasteiger charge is 2.12. The Morgan fingerprint density at radius 1 is 1.14 bits per heavy atom. The third kappa shape index (κ3) is 2.48. The molecule has 0 bridgehead atoms. The minimum atomic E-state index is -0.380. The lowest BCUT2D eigenvalue weighted by Crippen LogP contribution is -2.17. The predicted molar refractivity (Wildman–Crippen MR) is 89.4 cm³/mol. The van der Waals surface area contributed by atoms with Crippen molar-refractivity contribution < 1.29 is 4.42 Å². The molecule has 0 atom stereocenters. The molecule has 0 amide bonds. The number of rotatable bonds is 3. The molecule has 2 aromatic heterocycles. The Kier molecular flexibility index (Phi) is 3.67. The minimum absolute atomic E-state index is 0.378. The summed E-state index contributed by atoms with van der Waals surface area (Å²) in [6.45, 7) is 4.91. The van der Waals surface area contributed by atoms with Crippen molar-refractivity contribution in [1.82, 2.24) is 4.98 Å². The van der Waals surface area contributed by atoms with Crippen LogP contribution in [-0.2, 0) is 0 Å². The van der Waals surface area contributed by atoms with Crippen molar-refractivity contribution in [3.63, 3.8) is 0 Å². The fourth-order valence-corrected chi connectivity index (χ4v) is 2.51. The van der Waals surface area contributed by atoms with E-state index < -0.39 is 0 Å². The molecular formula is C18H18N2O2. The number of hydrogen-bond donors (Lipinski definition) is 0. The summed E-state index contributed by atoms with van der Waals surface area (Å²) in [4.78, 5) is 18.4. The minimum Gasteiger partial charge on any atom is -0.404 e. The lowest BCUT2D eigenvalue weighted by atomic mass is 9.99. The van der Waals surface area contributed by atoms with Gasteiger partial charge in [0.2, 0.25) is 5.71 Å². The molecule has 1 aromatic carbocycles. The molecule has 4 heteroatoms. The standard InChI is InChI=1S/C18H18N2O2/c1-4-20(3)16-10-9-14-15(11-17(21)22-18(14)19-16)13-8-6-5-7-12(13)2/h5-11H,4H2,1-3H3. The topological polar surface area (TPSA) is 46.3 Å². The average molecular weight is 294 g/mol. The quantitative estimate of drug-likeness (QED) is 0.740. The maximum Gasteiger partial charge on any atom is 0.338 e. The van der Waals surface area contributed by atoms with Crippen LogP contribution in [0.15, 0.2) is 51.7 Å².